The molecular weight excluding hydrogens is 232 g/mol. The molecule has 3 nitrogen and oxygen atoms in total. The van der Waals surface area contributed by atoms with Crippen LogP contribution in [0.2, 0.25) is 0 Å². The molecule has 1 aromatic carbocycles. The Morgan fingerprint density at radius 3 is 2.41 bits per heavy atom. The second-order valence-electron chi connectivity index (χ2n) is 4.48. The zero-order chi connectivity index (χ0) is 12.3. The van der Waals surface area contributed by atoms with Crippen LogP contribution in [0.25, 0.3) is 0 Å². The molecule has 1 aliphatic heterocycles. The largest absolute Gasteiger partial charge is 0.393 e. The van der Waals surface area contributed by atoms with Crippen LogP contribution >= 0.6 is 12.2 Å². The van der Waals surface area contributed by atoms with E-state index in [0.29, 0.717) is 4.99 Å². The van der Waals surface area contributed by atoms with Gasteiger partial charge in [-0.15, -0.1) is 0 Å². The summed E-state index contributed by atoms with van der Waals surface area (Å²) in [6, 6.07) is 10.1. The van der Waals surface area contributed by atoms with Crippen molar-refractivity contribution in [3.8, 4) is 0 Å². The third-order valence-electron chi connectivity index (χ3n) is 3.25. The molecule has 0 amide bonds. The van der Waals surface area contributed by atoms with E-state index in [9.17, 15) is 5.11 Å². The highest BCUT2D eigenvalue weighted by atomic mass is 32.1. The third kappa shape index (κ3) is 3.03. The highest BCUT2D eigenvalue weighted by molar-refractivity contribution is 7.80. The summed E-state index contributed by atoms with van der Waals surface area (Å²) in [6.07, 6.45) is 1.42. The van der Waals surface area contributed by atoms with Crippen LogP contribution in [-0.4, -0.2) is 34.2 Å². The Kier molecular flexibility index (Phi) is 4.10. The number of benzene rings is 1. The molecule has 1 unspecified atom stereocenters. The van der Waals surface area contributed by atoms with Crippen LogP contribution in [-0.2, 0) is 0 Å². The summed E-state index contributed by atoms with van der Waals surface area (Å²) in [4.78, 5) is 2.76. The summed E-state index contributed by atoms with van der Waals surface area (Å²) in [5.41, 5.74) is 7.00. The second kappa shape index (κ2) is 5.58. The molecule has 2 rings (SSSR count). The Bertz CT molecular complexity index is 374. The summed E-state index contributed by atoms with van der Waals surface area (Å²) in [7, 11) is 0. The molecule has 0 radical (unpaired) electrons. The zero-order valence-electron chi connectivity index (χ0n) is 9.75. The molecule has 0 aliphatic carbocycles. The van der Waals surface area contributed by atoms with Crippen LogP contribution in [0.4, 0.5) is 0 Å². The fourth-order valence-corrected chi connectivity index (χ4v) is 2.62. The molecular formula is C13H18N2OS. The Balaban J connectivity index is 2.16. The number of rotatable bonds is 3. The fourth-order valence-electron chi connectivity index (χ4n) is 2.33. The zero-order valence-corrected chi connectivity index (χ0v) is 10.6. The van der Waals surface area contributed by atoms with Gasteiger partial charge < -0.3 is 10.8 Å². The Morgan fingerprint density at radius 2 is 1.88 bits per heavy atom. The number of aliphatic hydroxyl groups excluding tert-OH is 1. The van der Waals surface area contributed by atoms with Gasteiger partial charge >= 0.3 is 0 Å². The number of piperidine rings is 1. The first-order chi connectivity index (χ1) is 8.18. The minimum Gasteiger partial charge on any atom is -0.393 e. The predicted octanol–water partition coefficient (Wildman–Crippen LogP) is 1.47. The van der Waals surface area contributed by atoms with Crippen LogP contribution in [0.3, 0.4) is 0 Å². The standard InChI is InChI=1S/C13H18N2OS/c14-13(17)12(10-4-2-1-3-5-10)15-8-6-11(16)7-9-15/h1-5,11-12,16H,6-9H2,(H2,14,17). The van der Waals surface area contributed by atoms with E-state index in [0.717, 1.165) is 31.5 Å². The smallest absolute Gasteiger partial charge is 0.0948 e. The first kappa shape index (κ1) is 12.5. The molecule has 0 aromatic heterocycles. The highest BCUT2D eigenvalue weighted by Crippen LogP contribution is 2.24. The van der Waals surface area contributed by atoms with Crippen molar-refractivity contribution in [3.05, 3.63) is 35.9 Å². The first-order valence-corrected chi connectivity index (χ1v) is 6.35. The normalized spacial score (nSPS) is 20.1. The molecule has 0 spiro atoms. The van der Waals surface area contributed by atoms with Crippen molar-refractivity contribution in [2.75, 3.05) is 13.1 Å². The lowest BCUT2D eigenvalue weighted by Gasteiger charge is -2.35. The summed E-state index contributed by atoms with van der Waals surface area (Å²) in [5.74, 6) is 0. The molecule has 1 aliphatic rings. The van der Waals surface area contributed by atoms with Gasteiger partial charge in [-0.2, -0.15) is 0 Å². The molecule has 1 aromatic rings. The summed E-state index contributed by atoms with van der Waals surface area (Å²) in [5, 5.41) is 9.53. The minimum absolute atomic E-state index is 0.00120. The van der Waals surface area contributed by atoms with Gasteiger partial charge in [0.05, 0.1) is 17.1 Å². The van der Waals surface area contributed by atoms with Gasteiger partial charge in [0, 0.05) is 13.1 Å². The van der Waals surface area contributed by atoms with E-state index < -0.39 is 0 Å². The van der Waals surface area contributed by atoms with Gasteiger partial charge in [-0.3, -0.25) is 4.90 Å². The topological polar surface area (TPSA) is 49.5 Å². The van der Waals surface area contributed by atoms with Gasteiger partial charge in [0.15, 0.2) is 0 Å². The lowest BCUT2D eigenvalue weighted by atomic mass is 10.0. The number of thiocarbonyl (C=S) groups is 1. The lowest BCUT2D eigenvalue weighted by molar-refractivity contribution is 0.0739. The minimum atomic E-state index is -0.172. The molecule has 1 heterocycles. The molecule has 4 heteroatoms. The Morgan fingerprint density at radius 1 is 1.29 bits per heavy atom. The van der Waals surface area contributed by atoms with E-state index in [1.807, 2.05) is 18.2 Å². The van der Waals surface area contributed by atoms with Gasteiger partial charge in [0.1, 0.15) is 0 Å². The number of nitrogens with two attached hydrogens (primary N) is 1. The first-order valence-electron chi connectivity index (χ1n) is 5.95. The summed E-state index contributed by atoms with van der Waals surface area (Å²) in [6.45, 7) is 1.69. The van der Waals surface area contributed by atoms with Crippen LogP contribution in [0.1, 0.15) is 24.4 Å². The maximum absolute atomic E-state index is 9.53. The van der Waals surface area contributed by atoms with Crippen LogP contribution in [0, 0.1) is 0 Å². The summed E-state index contributed by atoms with van der Waals surface area (Å²) < 4.78 is 0. The van der Waals surface area contributed by atoms with Gasteiger partial charge in [-0.1, -0.05) is 42.5 Å². The molecule has 17 heavy (non-hydrogen) atoms. The van der Waals surface area contributed by atoms with Crippen molar-refractivity contribution in [1.82, 2.24) is 4.90 Å². The number of aliphatic hydroxyl groups is 1. The number of likely N-dealkylation sites (tertiary alicyclic amines) is 1. The van der Waals surface area contributed by atoms with E-state index in [4.69, 9.17) is 18.0 Å². The number of hydrogen-bond acceptors (Lipinski definition) is 3. The van der Waals surface area contributed by atoms with Crippen molar-refractivity contribution in [2.45, 2.75) is 25.0 Å². The lowest BCUT2D eigenvalue weighted by Crippen LogP contribution is -2.43. The maximum atomic E-state index is 9.53. The number of nitrogens with zero attached hydrogens (tertiary/aromatic N) is 1. The van der Waals surface area contributed by atoms with Gasteiger partial charge in [0.25, 0.3) is 0 Å². The van der Waals surface area contributed by atoms with E-state index in [1.165, 1.54) is 0 Å². The highest BCUT2D eigenvalue weighted by Gasteiger charge is 2.26. The van der Waals surface area contributed by atoms with Crippen LogP contribution < -0.4 is 5.73 Å². The Hall–Kier alpha value is -0.970. The molecule has 0 saturated carbocycles. The molecule has 1 fully saturated rings. The molecule has 3 N–H and O–H groups in total. The maximum Gasteiger partial charge on any atom is 0.0948 e. The van der Waals surface area contributed by atoms with Crippen LogP contribution in [0.15, 0.2) is 30.3 Å². The molecule has 0 bridgehead atoms. The number of hydrogen-bond donors (Lipinski definition) is 2. The van der Waals surface area contributed by atoms with Crippen molar-refractivity contribution >= 4 is 17.2 Å². The van der Waals surface area contributed by atoms with Gasteiger partial charge in [-0.05, 0) is 18.4 Å². The molecule has 1 atom stereocenters. The summed E-state index contributed by atoms with van der Waals surface area (Å²) >= 11 is 5.18. The van der Waals surface area contributed by atoms with Gasteiger partial charge in [-0.25, -0.2) is 0 Å². The van der Waals surface area contributed by atoms with Crippen molar-refractivity contribution in [1.29, 1.82) is 0 Å². The SMILES string of the molecule is NC(=S)C(c1ccccc1)N1CCC(O)CC1. The van der Waals surface area contributed by atoms with Crippen LogP contribution in [0.5, 0.6) is 0 Å². The molecule has 1 saturated heterocycles. The van der Waals surface area contributed by atoms with E-state index >= 15 is 0 Å². The molecule has 92 valence electrons. The van der Waals surface area contributed by atoms with E-state index in [1.54, 1.807) is 0 Å². The predicted molar refractivity (Wildman–Crippen MR) is 72.8 cm³/mol. The van der Waals surface area contributed by atoms with Gasteiger partial charge in [0.2, 0.25) is 0 Å². The van der Waals surface area contributed by atoms with Crippen molar-refractivity contribution < 1.29 is 5.11 Å². The fraction of sp³-hybridized carbons (Fsp3) is 0.462. The average Bonchev–Trinajstić information content (AvgIpc) is 2.33. The van der Waals surface area contributed by atoms with E-state index in [2.05, 4.69) is 17.0 Å². The monoisotopic (exact) mass is 250 g/mol. The second-order valence-corrected chi connectivity index (χ2v) is 4.95. The average molecular weight is 250 g/mol. The quantitative estimate of drug-likeness (QED) is 0.798. The van der Waals surface area contributed by atoms with E-state index in [-0.39, 0.29) is 12.1 Å². The third-order valence-corrected chi connectivity index (χ3v) is 3.47. The van der Waals surface area contributed by atoms with Crippen molar-refractivity contribution in [2.24, 2.45) is 5.73 Å². The Labute approximate surface area is 107 Å². The van der Waals surface area contributed by atoms with Crippen molar-refractivity contribution in [3.63, 3.8) is 0 Å².